The largest absolute Gasteiger partial charge is 0.551 e. The van der Waals surface area contributed by atoms with Gasteiger partial charge >= 0.3 is 0 Å². The molecule has 0 aliphatic carbocycles. The minimum atomic E-state index is -0.443. The quantitative estimate of drug-likeness (QED) is 0.123. The Morgan fingerprint density at radius 3 is 1.39 bits per heavy atom. The summed E-state index contributed by atoms with van der Waals surface area (Å²) in [5.41, 5.74) is 3.14. The van der Waals surface area contributed by atoms with Gasteiger partial charge in [-0.25, -0.2) is 31.5 Å². The molecule has 0 saturated heterocycles. The molecule has 5 nitrogen and oxygen atoms in total. The second-order valence-electron chi connectivity index (χ2n) is 4.43. The van der Waals surface area contributed by atoms with Crippen molar-refractivity contribution < 1.29 is 239 Å². The van der Waals surface area contributed by atoms with Crippen LogP contribution >= 0.6 is 12.2 Å². The second kappa shape index (κ2) is 37.4. The average molecular weight is 964 g/mol. The SMILES string of the molecule is C[C-]=C(C)N(C)[C-]=CC=[C-]C(=O)N(C)[C-]=CC=[C-]C(=O)N(C)[C-]=S.[Y].[Y].[Y].[Y].[Y].[Y].[Y]. The summed E-state index contributed by atoms with van der Waals surface area (Å²) in [5, 5.41) is 0. The van der Waals surface area contributed by atoms with Crippen LogP contribution in [-0.2, 0) is 239 Å². The van der Waals surface area contributed by atoms with Gasteiger partial charge in [0.2, 0.25) is 0 Å². The third-order valence-corrected chi connectivity index (χ3v) is 3.00. The normalized spacial score (nSPS) is 9.65. The van der Waals surface area contributed by atoms with Gasteiger partial charge in [0, 0.05) is 235 Å². The van der Waals surface area contributed by atoms with Gasteiger partial charge in [-0.1, -0.05) is 5.49 Å². The molecule has 13 heteroatoms. The molecule has 31 heavy (non-hydrogen) atoms. The van der Waals surface area contributed by atoms with Crippen LogP contribution in [0.15, 0.2) is 30.0 Å². The van der Waals surface area contributed by atoms with Crippen molar-refractivity contribution in [1.82, 2.24) is 14.7 Å². The molecule has 0 aliphatic heterocycles. The van der Waals surface area contributed by atoms with Gasteiger partial charge in [0.1, 0.15) is 0 Å². The van der Waals surface area contributed by atoms with Crippen molar-refractivity contribution in [2.45, 2.75) is 13.8 Å². The van der Waals surface area contributed by atoms with Crippen molar-refractivity contribution in [1.29, 1.82) is 0 Å². The molecule has 0 aromatic carbocycles. The summed E-state index contributed by atoms with van der Waals surface area (Å²) in [6, 6.07) is 0. The fraction of sp³-hybridized carbons (Fsp3) is 0.278. The van der Waals surface area contributed by atoms with Crippen molar-refractivity contribution in [3.63, 3.8) is 0 Å². The van der Waals surface area contributed by atoms with Crippen LogP contribution in [0.1, 0.15) is 13.8 Å². The molecule has 0 aliphatic rings. The van der Waals surface area contributed by atoms with Gasteiger partial charge in [-0.2, -0.15) is 0 Å². The smallest absolute Gasteiger partial charge is 0.0409 e. The number of hydrogen-bond donors (Lipinski definition) is 0. The number of carbonyl (C=O) groups is 2. The van der Waals surface area contributed by atoms with Crippen molar-refractivity contribution >= 4 is 29.5 Å². The monoisotopic (exact) mass is 963 g/mol. The van der Waals surface area contributed by atoms with Crippen LogP contribution in [0.4, 0.5) is 0 Å². The van der Waals surface area contributed by atoms with Gasteiger partial charge in [-0.15, -0.1) is 6.92 Å². The summed E-state index contributed by atoms with van der Waals surface area (Å²) >= 11 is 4.49. The van der Waals surface area contributed by atoms with Crippen LogP contribution in [0.5, 0.6) is 0 Å². The molecule has 0 rings (SSSR count). The van der Waals surface area contributed by atoms with E-state index in [1.54, 1.807) is 17.9 Å². The summed E-state index contributed by atoms with van der Waals surface area (Å²) in [5.74, 6) is -0.840. The molecule has 0 aromatic heterocycles. The van der Waals surface area contributed by atoms with Gasteiger partial charge in [0.25, 0.3) is 0 Å². The Morgan fingerprint density at radius 2 is 1.03 bits per heavy atom. The number of rotatable bonds is 8. The molecule has 151 valence electrons. The Kier molecular flexibility index (Phi) is 68.1. The van der Waals surface area contributed by atoms with Crippen LogP contribution < -0.4 is 0 Å². The Labute approximate surface area is 369 Å². The Bertz CT molecular complexity index is 613. The fourth-order valence-electron chi connectivity index (χ4n) is 1.08. The van der Waals surface area contributed by atoms with E-state index in [1.165, 1.54) is 37.2 Å². The molecule has 0 spiro atoms. The minimum Gasteiger partial charge on any atom is -0.551 e. The maximum Gasteiger partial charge on any atom is 0.0409 e. The number of amides is 2. The maximum atomic E-state index is 11.7. The molecule has 0 unspecified atom stereocenters. The van der Waals surface area contributed by atoms with Crippen LogP contribution in [0, 0.1) is 30.6 Å². The Balaban J connectivity index is -0.000000126. The first kappa shape index (κ1) is 56.4. The van der Waals surface area contributed by atoms with E-state index in [0.29, 0.717) is 0 Å². The van der Waals surface area contributed by atoms with Gasteiger partial charge < -0.3 is 66.8 Å². The molecule has 7 radical (unpaired) electrons. The molecule has 0 bridgehead atoms. The standard InChI is InChI=1S/C18H19N3O2S.7Y/c1-6-16(2)19(3)13-9-7-11-17(22)20(4)14-10-8-12-18(23)21(5)15-24;;;;;;;/h7-10H,1-5H3;;;;;;;/q-6;;;;;;;. The minimum absolute atomic E-state index is 0. The molecule has 0 saturated carbocycles. The zero-order valence-electron chi connectivity index (χ0n) is 18.4. The van der Waals surface area contributed by atoms with Gasteiger partial charge in [-0.3, -0.25) is 5.70 Å². The Hall–Kier alpha value is 5.26. The van der Waals surface area contributed by atoms with Crippen LogP contribution in [0.3, 0.4) is 0 Å². The molecule has 0 N–H and O–H groups in total. The summed E-state index contributed by atoms with van der Waals surface area (Å²) in [6.07, 6.45) is 19.3. The predicted octanol–water partition coefficient (Wildman–Crippen LogP) is 1.73. The van der Waals surface area contributed by atoms with Gasteiger partial charge in [-0.05, 0) is 27.1 Å². The first-order valence-electron chi connectivity index (χ1n) is 6.87. The topological polar surface area (TPSA) is 43.9 Å². The van der Waals surface area contributed by atoms with Crippen LogP contribution in [-0.4, -0.2) is 53.1 Å². The summed E-state index contributed by atoms with van der Waals surface area (Å²) < 4.78 is 0. The molecule has 0 atom stereocenters. The number of likely N-dealkylation sites (N-methyl/N-ethyl adjacent to an activating group) is 2. The number of allylic oxidation sites excluding steroid dienone is 6. The van der Waals surface area contributed by atoms with Crippen LogP contribution in [0.2, 0.25) is 0 Å². The summed E-state index contributed by atoms with van der Waals surface area (Å²) in [6.45, 7) is 3.70. The maximum absolute atomic E-state index is 11.7. The third-order valence-electron chi connectivity index (χ3n) is 2.73. The molecule has 2 amide bonds. The Morgan fingerprint density at radius 1 is 0.677 bits per heavy atom. The van der Waals surface area contributed by atoms with E-state index in [0.717, 1.165) is 10.6 Å². The number of nitrogens with zero attached hydrogens (tertiary/aromatic N) is 3. The van der Waals surface area contributed by atoms with E-state index in [4.69, 9.17) is 0 Å². The van der Waals surface area contributed by atoms with Gasteiger partial charge in [0.15, 0.2) is 0 Å². The van der Waals surface area contributed by atoms with E-state index in [9.17, 15) is 9.59 Å². The zero-order chi connectivity index (χ0) is 18.5. The molecule has 0 aromatic rings. The number of carbonyl (C=O) groups excluding carboxylic acids is 2. The van der Waals surface area contributed by atoms with Crippen LogP contribution in [0.25, 0.3) is 0 Å². The van der Waals surface area contributed by atoms with E-state index in [2.05, 4.69) is 48.3 Å². The fourth-order valence-corrected chi connectivity index (χ4v) is 1.17. The molecular weight excluding hydrogens is 945 g/mol. The molecule has 0 fully saturated rings. The molecule has 0 heterocycles. The second-order valence-corrected chi connectivity index (χ2v) is 4.61. The van der Waals surface area contributed by atoms with Crippen molar-refractivity contribution in [3.8, 4) is 0 Å². The third kappa shape index (κ3) is 31.4. The molecular formula is C18H19N3O2SY7-6. The first-order chi connectivity index (χ1) is 11.3. The van der Waals surface area contributed by atoms with E-state index in [1.807, 2.05) is 14.0 Å². The number of thiocarbonyl (C=S) groups is 1. The van der Waals surface area contributed by atoms with E-state index >= 15 is 0 Å². The zero-order valence-corrected chi connectivity index (χ0v) is 39.1. The first-order valence-corrected chi connectivity index (χ1v) is 7.28. The van der Waals surface area contributed by atoms with Crippen molar-refractivity contribution in [2.75, 3.05) is 21.1 Å². The average Bonchev–Trinajstić information content (AvgIpc) is 2.59. The van der Waals surface area contributed by atoms with E-state index < -0.39 is 11.8 Å². The van der Waals surface area contributed by atoms with Crippen molar-refractivity contribution in [3.05, 3.63) is 60.6 Å². The predicted molar refractivity (Wildman–Crippen MR) is 95.3 cm³/mol. The summed E-state index contributed by atoms with van der Waals surface area (Å²) in [4.78, 5) is 27.1. The summed E-state index contributed by atoms with van der Waals surface area (Å²) in [7, 11) is 4.81. The van der Waals surface area contributed by atoms with Crippen molar-refractivity contribution in [2.24, 2.45) is 0 Å². The number of hydrogen-bond acceptors (Lipinski definition) is 4. The van der Waals surface area contributed by atoms with E-state index in [-0.39, 0.29) is 229 Å². The van der Waals surface area contributed by atoms with Gasteiger partial charge in [0.05, 0.1) is 0 Å².